The van der Waals surface area contributed by atoms with Crippen LogP contribution in [0.15, 0.2) is 49.4 Å². The van der Waals surface area contributed by atoms with Crippen LogP contribution in [0.4, 0.5) is 9.59 Å². The van der Waals surface area contributed by atoms with Gasteiger partial charge in [0.2, 0.25) is 11.8 Å². The van der Waals surface area contributed by atoms with E-state index in [-0.39, 0.29) is 41.7 Å². The van der Waals surface area contributed by atoms with E-state index in [0.29, 0.717) is 44.4 Å². The Kier molecular flexibility index (Phi) is 12.0. The molecule has 4 amide bonds. The second-order valence-corrected chi connectivity index (χ2v) is 17.3. The number of carbonyl (C=O) groups is 4. The monoisotopic (exact) mass is 848 g/mol. The number of benzene rings is 2. The maximum atomic E-state index is 14.1. The molecule has 4 aliphatic rings. The zero-order chi connectivity index (χ0) is 43.8. The summed E-state index contributed by atoms with van der Waals surface area (Å²) in [5.41, 5.74) is 9.03. The smallest absolute Gasteiger partial charge is 0.407 e. The first kappa shape index (κ1) is 42.4. The molecule has 16 nitrogen and oxygen atoms in total. The Morgan fingerprint density at radius 3 is 2.31 bits per heavy atom. The van der Waals surface area contributed by atoms with Crippen molar-refractivity contribution in [1.82, 2.24) is 40.4 Å². The molecule has 62 heavy (non-hydrogen) atoms. The average Bonchev–Trinajstić information content (AvgIpc) is 4.11. The van der Waals surface area contributed by atoms with Crippen molar-refractivity contribution in [2.45, 2.75) is 90.6 Å². The standard InChI is InChI=1S/C46H56N8O8/c1-8-61-22-26-16-36(54(21-26)44(56)39(25(4)5)52-46(58)60-7)42-48-33-14-12-27-18-32-30-13-11-28(17-29(30)23-62-37(32)19-31(27)40(33)50-42)34-20-47-41(49-34)35-10-9-15-53(35)43(55)38(24(2)3)51-45(57)59-6/h8,11,13,17-20,24-26,35-36,38-39H,1,9-10,12,14-16,21-23H2,2-7H3,(H,47,49)(H,48,50)(H,51,57)(H,52,58)/t26-,35+,36+,38+,39+/m1/s1. The fourth-order valence-corrected chi connectivity index (χ4v) is 9.41. The molecule has 0 spiro atoms. The van der Waals surface area contributed by atoms with Crippen molar-refractivity contribution in [2.24, 2.45) is 17.8 Å². The summed E-state index contributed by atoms with van der Waals surface area (Å²) >= 11 is 0. The highest BCUT2D eigenvalue weighted by atomic mass is 16.5. The van der Waals surface area contributed by atoms with Crippen molar-refractivity contribution < 1.29 is 38.1 Å². The number of alkyl carbamates (subject to hydrolysis) is 2. The van der Waals surface area contributed by atoms with Crippen molar-refractivity contribution in [3.05, 3.63) is 77.8 Å². The van der Waals surface area contributed by atoms with E-state index < -0.39 is 24.3 Å². The van der Waals surface area contributed by atoms with Gasteiger partial charge in [0.15, 0.2) is 0 Å². The number of aryl methyl sites for hydroxylation is 2. The number of aromatic nitrogens is 4. The number of H-pyrrole nitrogens is 2. The van der Waals surface area contributed by atoms with Gasteiger partial charge in [0.25, 0.3) is 0 Å². The Balaban J connectivity index is 1.02. The van der Waals surface area contributed by atoms with Gasteiger partial charge in [0, 0.05) is 35.8 Å². The Hall–Kier alpha value is -6.32. The highest BCUT2D eigenvalue weighted by Crippen LogP contribution is 2.46. The predicted octanol–water partition coefficient (Wildman–Crippen LogP) is 6.60. The van der Waals surface area contributed by atoms with E-state index in [1.807, 2.05) is 43.7 Å². The van der Waals surface area contributed by atoms with Crippen LogP contribution in [0, 0.1) is 17.8 Å². The van der Waals surface area contributed by atoms with Gasteiger partial charge in [-0.25, -0.2) is 19.6 Å². The summed E-state index contributed by atoms with van der Waals surface area (Å²) in [5.74, 6) is 1.62. The molecule has 8 rings (SSSR count). The topological polar surface area (TPSA) is 193 Å². The molecule has 5 atom stereocenters. The first-order valence-corrected chi connectivity index (χ1v) is 21.5. The summed E-state index contributed by atoms with van der Waals surface area (Å²) in [6.07, 6.45) is 5.75. The van der Waals surface area contributed by atoms with Crippen LogP contribution in [0.25, 0.3) is 33.6 Å². The fraction of sp³-hybridized carbons (Fsp3) is 0.478. The van der Waals surface area contributed by atoms with Gasteiger partial charge < -0.3 is 49.3 Å². The Morgan fingerprint density at radius 2 is 1.61 bits per heavy atom. The lowest BCUT2D eigenvalue weighted by Crippen LogP contribution is -2.51. The molecule has 2 saturated heterocycles. The number of methoxy groups -OCH3 is 2. The van der Waals surface area contributed by atoms with Crippen molar-refractivity contribution >= 4 is 24.0 Å². The van der Waals surface area contributed by atoms with Gasteiger partial charge in [-0.2, -0.15) is 0 Å². The minimum atomic E-state index is -0.768. The van der Waals surface area contributed by atoms with Gasteiger partial charge >= 0.3 is 12.2 Å². The molecule has 0 radical (unpaired) electrons. The molecular formula is C46H56N8O8. The molecule has 328 valence electrons. The highest BCUT2D eigenvalue weighted by molar-refractivity contribution is 5.88. The molecular weight excluding hydrogens is 793 g/mol. The lowest BCUT2D eigenvalue weighted by Gasteiger charge is -2.30. The lowest BCUT2D eigenvalue weighted by molar-refractivity contribution is -0.136. The largest absolute Gasteiger partial charge is 0.501 e. The molecule has 0 bridgehead atoms. The summed E-state index contributed by atoms with van der Waals surface area (Å²) < 4.78 is 21.7. The van der Waals surface area contributed by atoms with Gasteiger partial charge in [-0.15, -0.1) is 0 Å². The molecule has 5 heterocycles. The van der Waals surface area contributed by atoms with E-state index in [4.69, 9.17) is 28.9 Å². The number of fused-ring (bicyclic) bond motifs is 6. The number of amides is 4. The van der Waals surface area contributed by atoms with E-state index in [2.05, 4.69) is 57.5 Å². The second-order valence-electron chi connectivity index (χ2n) is 17.3. The molecule has 2 aromatic heterocycles. The normalized spacial score (nSPS) is 19.7. The summed E-state index contributed by atoms with van der Waals surface area (Å²) in [6.45, 7) is 13.1. The highest BCUT2D eigenvalue weighted by Gasteiger charge is 2.43. The lowest BCUT2D eigenvalue weighted by atomic mass is 9.86. The Bertz CT molecular complexity index is 2370. The summed E-state index contributed by atoms with van der Waals surface area (Å²) in [5, 5.41) is 5.44. The molecule has 3 aliphatic heterocycles. The minimum absolute atomic E-state index is 0.0489. The minimum Gasteiger partial charge on any atom is -0.501 e. The third kappa shape index (κ3) is 8.09. The van der Waals surface area contributed by atoms with Gasteiger partial charge in [0.05, 0.1) is 56.8 Å². The molecule has 1 aliphatic carbocycles. The van der Waals surface area contributed by atoms with Crippen LogP contribution >= 0.6 is 0 Å². The van der Waals surface area contributed by atoms with Gasteiger partial charge in [-0.05, 0) is 84.4 Å². The number of nitrogens with one attached hydrogen (secondary N) is 4. The van der Waals surface area contributed by atoms with E-state index in [0.717, 1.165) is 76.3 Å². The number of rotatable bonds is 12. The van der Waals surface area contributed by atoms with Crippen LogP contribution in [0.1, 0.15) is 87.5 Å². The number of likely N-dealkylation sites (tertiary alicyclic amines) is 2. The number of aromatic amines is 2. The maximum absolute atomic E-state index is 14.1. The Labute approximate surface area is 361 Å². The molecule has 16 heteroatoms. The number of ether oxygens (including phenoxy) is 4. The summed E-state index contributed by atoms with van der Waals surface area (Å²) in [7, 11) is 2.58. The molecule has 2 fully saturated rings. The fourth-order valence-electron chi connectivity index (χ4n) is 9.41. The van der Waals surface area contributed by atoms with Crippen LogP contribution < -0.4 is 15.4 Å². The Morgan fingerprint density at radius 1 is 0.887 bits per heavy atom. The number of nitrogens with zero attached hydrogens (tertiary/aromatic N) is 4. The molecule has 0 saturated carbocycles. The quantitative estimate of drug-likeness (QED) is 0.113. The summed E-state index contributed by atoms with van der Waals surface area (Å²) in [4.78, 5) is 72.7. The molecule has 2 aromatic carbocycles. The van der Waals surface area contributed by atoms with Gasteiger partial charge in [-0.1, -0.05) is 46.4 Å². The van der Waals surface area contributed by atoms with Gasteiger partial charge in [-0.3, -0.25) is 9.59 Å². The van der Waals surface area contributed by atoms with E-state index >= 15 is 0 Å². The van der Waals surface area contributed by atoms with Crippen LogP contribution in [0.2, 0.25) is 0 Å². The zero-order valence-corrected chi connectivity index (χ0v) is 36.2. The maximum Gasteiger partial charge on any atom is 0.407 e. The number of imidazole rings is 2. The average molecular weight is 849 g/mol. The van der Waals surface area contributed by atoms with Crippen molar-refractivity contribution in [1.29, 1.82) is 0 Å². The molecule has 4 N–H and O–H groups in total. The predicted molar refractivity (Wildman–Crippen MR) is 230 cm³/mol. The number of carbonyl (C=O) groups excluding carboxylic acids is 4. The molecule has 0 unspecified atom stereocenters. The number of hydrogen-bond acceptors (Lipinski definition) is 10. The first-order chi connectivity index (χ1) is 29.9. The SMILES string of the molecule is C=COC[C@@H]1C[C@@H](c2nc3c([nH]2)CCc2cc4c(cc2-3)OCc2cc(-c3cnc([C@@H]5CCCN5C(=O)[C@@H](NC(=O)OC)C(C)C)[nH]3)ccc2-4)N(C(=O)[C@@H](NC(=O)OC)C(C)C)C1. The van der Waals surface area contributed by atoms with Gasteiger partial charge in [0.1, 0.15) is 36.1 Å². The van der Waals surface area contributed by atoms with E-state index in [1.165, 1.54) is 26.0 Å². The molecule has 4 aromatic rings. The number of hydrogen-bond donors (Lipinski definition) is 4. The van der Waals surface area contributed by atoms with Crippen molar-refractivity contribution in [2.75, 3.05) is 33.9 Å². The van der Waals surface area contributed by atoms with Crippen molar-refractivity contribution in [3.63, 3.8) is 0 Å². The third-order valence-corrected chi connectivity index (χ3v) is 12.7. The van der Waals surface area contributed by atoms with Crippen LogP contribution in [-0.4, -0.2) is 99.7 Å². The summed E-state index contributed by atoms with van der Waals surface area (Å²) in [6, 6.07) is 8.62. The van der Waals surface area contributed by atoms with E-state index in [9.17, 15) is 19.2 Å². The van der Waals surface area contributed by atoms with E-state index in [1.54, 1.807) is 0 Å². The van der Waals surface area contributed by atoms with Crippen LogP contribution in [0.3, 0.4) is 0 Å². The first-order valence-electron chi connectivity index (χ1n) is 21.5. The third-order valence-electron chi connectivity index (χ3n) is 12.7. The zero-order valence-electron chi connectivity index (χ0n) is 36.2. The van der Waals surface area contributed by atoms with Crippen molar-refractivity contribution in [3.8, 4) is 39.4 Å². The second kappa shape index (κ2) is 17.6. The van der Waals surface area contributed by atoms with Crippen LogP contribution in [0.5, 0.6) is 5.75 Å². The van der Waals surface area contributed by atoms with Crippen LogP contribution in [-0.2, 0) is 43.2 Å².